The SMILES string of the molecule is CCc1ccc(CN2CC(C)NCC2c2ccccc2)s1. The van der Waals surface area contributed by atoms with Gasteiger partial charge >= 0.3 is 0 Å². The van der Waals surface area contributed by atoms with Crippen molar-refractivity contribution in [3.63, 3.8) is 0 Å². The van der Waals surface area contributed by atoms with E-state index in [1.165, 1.54) is 15.3 Å². The summed E-state index contributed by atoms with van der Waals surface area (Å²) in [6.07, 6.45) is 1.14. The zero-order valence-corrected chi connectivity index (χ0v) is 13.7. The highest BCUT2D eigenvalue weighted by molar-refractivity contribution is 7.11. The maximum atomic E-state index is 3.62. The van der Waals surface area contributed by atoms with Crippen LogP contribution < -0.4 is 5.32 Å². The van der Waals surface area contributed by atoms with E-state index in [0.717, 1.165) is 26.1 Å². The lowest BCUT2D eigenvalue weighted by molar-refractivity contribution is 0.129. The molecule has 1 saturated heterocycles. The Morgan fingerprint density at radius 2 is 1.90 bits per heavy atom. The largest absolute Gasteiger partial charge is 0.311 e. The van der Waals surface area contributed by atoms with Crippen molar-refractivity contribution < 1.29 is 0 Å². The van der Waals surface area contributed by atoms with E-state index in [1.807, 2.05) is 11.3 Å². The minimum Gasteiger partial charge on any atom is -0.311 e. The highest BCUT2D eigenvalue weighted by Crippen LogP contribution is 2.27. The Morgan fingerprint density at radius 1 is 1.14 bits per heavy atom. The number of hydrogen-bond acceptors (Lipinski definition) is 3. The first kappa shape index (κ1) is 14.8. The first-order valence-electron chi connectivity index (χ1n) is 7.86. The molecule has 0 amide bonds. The lowest BCUT2D eigenvalue weighted by Gasteiger charge is -2.39. The van der Waals surface area contributed by atoms with Crippen LogP contribution in [0.15, 0.2) is 42.5 Å². The molecule has 1 N–H and O–H groups in total. The summed E-state index contributed by atoms with van der Waals surface area (Å²) in [5.41, 5.74) is 1.42. The number of benzene rings is 1. The van der Waals surface area contributed by atoms with E-state index >= 15 is 0 Å². The molecule has 21 heavy (non-hydrogen) atoms. The van der Waals surface area contributed by atoms with Gasteiger partial charge < -0.3 is 5.32 Å². The van der Waals surface area contributed by atoms with Crippen molar-refractivity contribution in [3.05, 3.63) is 57.8 Å². The van der Waals surface area contributed by atoms with Gasteiger partial charge in [-0.15, -0.1) is 11.3 Å². The van der Waals surface area contributed by atoms with Crippen LogP contribution in [-0.4, -0.2) is 24.0 Å². The topological polar surface area (TPSA) is 15.3 Å². The van der Waals surface area contributed by atoms with Crippen molar-refractivity contribution in [1.82, 2.24) is 10.2 Å². The molecule has 0 aliphatic carbocycles. The van der Waals surface area contributed by atoms with Crippen molar-refractivity contribution in [1.29, 1.82) is 0 Å². The van der Waals surface area contributed by atoms with Crippen LogP contribution >= 0.6 is 11.3 Å². The van der Waals surface area contributed by atoms with Crippen LogP contribution in [0.2, 0.25) is 0 Å². The van der Waals surface area contributed by atoms with Crippen molar-refractivity contribution in [2.45, 2.75) is 38.9 Å². The van der Waals surface area contributed by atoms with Crippen molar-refractivity contribution in [2.75, 3.05) is 13.1 Å². The first-order chi connectivity index (χ1) is 10.3. The van der Waals surface area contributed by atoms with Gasteiger partial charge in [0.1, 0.15) is 0 Å². The molecule has 1 aromatic heterocycles. The zero-order chi connectivity index (χ0) is 14.7. The van der Waals surface area contributed by atoms with Crippen LogP contribution in [0, 0.1) is 0 Å². The number of nitrogens with zero attached hydrogens (tertiary/aromatic N) is 1. The summed E-state index contributed by atoms with van der Waals surface area (Å²) in [6.45, 7) is 7.72. The van der Waals surface area contributed by atoms with E-state index in [0.29, 0.717) is 12.1 Å². The average molecular weight is 300 g/mol. The lowest BCUT2D eigenvalue weighted by Crippen LogP contribution is -2.50. The number of hydrogen-bond donors (Lipinski definition) is 1. The molecule has 1 aliphatic heterocycles. The Kier molecular flexibility index (Phi) is 4.73. The third-order valence-electron chi connectivity index (χ3n) is 4.22. The molecule has 2 nitrogen and oxygen atoms in total. The standard InChI is InChI=1S/C18H24N2S/c1-3-16-9-10-17(21-16)13-20-12-14(2)19-11-18(20)15-7-5-4-6-8-15/h4-10,14,18-19H,3,11-13H2,1-2H3. The Balaban J connectivity index is 1.78. The fraction of sp³-hybridized carbons (Fsp3) is 0.444. The van der Waals surface area contributed by atoms with Gasteiger partial charge in [0.2, 0.25) is 0 Å². The molecule has 0 bridgehead atoms. The smallest absolute Gasteiger partial charge is 0.0477 e. The number of piperazine rings is 1. The van der Waals surface area contributed by atoms with Crippen LogP contribution in [-0.2, 0) is 13.0 Å². The molecule has 1 aliphatic rings. The van der Waals surface area contributed by atoms with Gasteiger partial charge in [0.25, 0.3) is 0 Å². The summed E-state index contributed by atoms with van der Waals surface area (Å²) < 4.78 is 0. The quantitative estimate of drug-likeness (QED) is 0.923. The Bertz CT molecular complexity index is 564. The molecule has 2 heterocycles. The number of nitrogens with one attached hydrogen (secondary N) is 1. The second-order valence-corrected chi connectivity index (χ2v) is 7.14. The van der Waals surface area contributed by atoms with E-state index in [4.69, 9.17) is 0 Å². The van der Waals surface area contributed by atoms with Crippen LogP contribution in [0.4, 0.5) is 0 Å². The molecule has 2 aromatic rings. The van der Waals surface area contributed by atoms with Gasteiger partial charge in [-0.2, -0.15) is 0 Å². The third kappa shape index (κ3) is 3.54. The van der Waals surface area contributed by atoms with E-state index in [-0.39, 0.29) is 0 Å². The Hall–Kier alpha value is -1.16. The summed E-state index contributed by atoms with van der Waals surface area (Å²) >= 11 is 1.96. The third-order valence-corrected chi connectivity index (χ3v) is 5.43. The predicted molar refractivity (Wildman–Crippen MR) is 90.8 cm³/mol. The Labute approximate surface area is 131 Å². The second-order valence-electron chi connectivity index (χ2n) is 5.89. The highest BCUT2D eigenvalue weighted by atomic mass is 32.1. The molecule has 112 valence electrons. The van der Waals surface area contributed by atoms with Crippen LogP contribution in [0.5, 0.6) is 0 Å². The molecule has 0 saturated carbocycles. The van der Waals surface area contributed by atoms with Gasteiger partial charge in [-0.3, -0.25) is 4.90 Å². The molecule has 0 spiro atoms. The summed E-state index contributed by atoms with van der Waals surface area (Å²) in [5.74, 6) is 0. The van der Waals surface area contributed by atoms with Gasteiger partial charge in [0, 0.05) is 41.5 Å². The van der Waals surface area contributed by atoms with E-state index in [1.54, 1.807) is 0 Å². The van der Waals surface area contributed by atoms with Crippen LogP contribution in [0.1, 0.15) is 35.2 Å². The van der Waals surface area contributed by atoms with Gasteiger partial charge in [-0.05, 0) is 31.0 Å². The summed E-state index contributed by atoms with van der Waals surface area (Å²) in [5, 5.41) is 3.62. The van der Waals surface area contributed by atoms with Gasteiger partial charge in [0.15, 0.2) is 0 Å². The number of thiophene rings is 1. The zero-order valence-electron chi connectivity index (χ0n) is 12.9. The number of rotatable bonds is 4. The predicted octanol–water partition coefficient (Wildman–Crippen LogP) is 3.85. The molecule has 1 fully saturated rings. The number of aryl methyl sites for hydroxylation is 1. The molecular weight excluding hydrogens is 276 g/mol. The monoisotopic (exact) mass is 300 g/mol. The fourth-order valence-corrected chi connectivity index (χ4v) is 4.05. The first-order valence-corrected chi connectivity index (χ1v) is 8.68. The van der Waals surface area contributed by atoms with Gasteiger partial charge in [-0.1, -0.05) is 37.3 Å². The maximum absolute atomic E-state index is 3.62. The van der Waals surface area contributed by atoms with Crippen molar-refractivity contribution >= 4 is 11.3 Å². The summed E-state index contributed by atoms with van der Waals surface area (Å²) in [6, 6.07) is 16.5. The molecule has 2 unspecified atom stereocenters. The summed E-state index contributed by atoms with van der Waals surface area (Å²) in [4.78, 5) is 5.60. The molecule has 2 atom stereocenters. The van der Waals surface area contributed by atoms with E-state index in [9.17, 15) is 0 Å². The fourth-order valence-electron chi connectivity index (χ4n) is 3.06. The Morgan fingerprint density at radius 3 is 2.62 bits per heavy atom. The minimum atomic E-state index is 0.481. The van der Waals surface area contributed by atoms with Crippen LogP contribution in [0.25, 0.3) is 0 Å². The summed E-state index contributed by atoms with van der Waals surface area (Å²) in [7, 11) is 0. The van der Waals surface area contributed by atoms with Gasteiger partial charge in [0.05, 0.1) is 0 Å². The molecule has 3 rings (SSSR count). The molecule has 1 aromatic carbocycles. The lowest BCUT2D eigenvalue weighted by atomic mass is 10.0. The maximum Gasteiger partial charge on any atom is 0.0477 e. The highest BCUT2D eigenvalue weighted by Gasteiger charge is 2.27. The molecular formula is C18H24N2S. The minimum absolute atomic E-state index is 0.481. The second kappa shape index (κ2) is 6.73. The van der Waals surface area contributed by atoms with Gasteiger partial charge in [-0.25, -0.2) is 0 Å². The average Bonchev–Trinajstić information content (AvgIpc) is 2.96. The van der Waals surface area contributed by atoms with Crippen molar-refractivity contribution in [3.8, 4) is 0 Å². The van der Waals surface area contributed by atoms with E-state index < -0.39 is 0 Å². The van der Waals surface area contributed by atoms with Crippen LogP contribution in [0.3, 0.4) is 0 Å². The normalized spacial score (nSPS) is 23.3. The molecule has 0 radical (unpaired) electrons. The van der Waals surface area contributed by atoms with Crippen molar-refractivity contribution in [2.24, 2.45) is 0 Å². The van der Waals surface area contributed by atoms with E-state index in [2.05, 4.69) is 66.5 Å². The molecule has 3 heteroatoms.